The quantitative estimate of drug-likeness (QED) is 0.729. The molecule has 17 heavy (non-hydrogen) atoms. The molecule has 0 radical (unpaired) electrons. The normalized spacial score (nSPS) is 10.1. The average molecular weight is 237 g/mol. The Hall–Kier alpha value is -1.55. The van der Waals surface area contributed by atoms with Crippen molar-refractivity contribution in [1.29, 1.82) is 0 Å². The number of rotatable bonds is 7. The number of carbonyl (C=O) groups is 1. The Balaban J connectivity index is 2.55. The van der Waals surface area contributed by atoms with Crippen LogP contribution in [-0.4, -0.2) is 33.1 Å². The highest BCUT2D eigenvalue weighted by atomic mass is 16.5. The van der Waals surface area contributed by atoms with Crippen molar-refractivity contribution in [3.63, 3.8) is 0 Å². The molecule has 1 N–H and O–H groups in total. The molecule has 0 spiro atoms. The summed E-state index contributed by atoms with van der Waals surface area (Å²) in [4.78, 5) is 10.8. The highest BCUT2D eigenvalue weighted by Gasteiger charge is 2.04. The van der Waals surface area contributed by atoms with E-state index < -0.39 is 0 Å². The first-order valence-corrected chi connectivity index (χ1v) is 5.58. The number of hydrogen-bond acceptors (Lipinski definition) is 4. The maximum atomic E-state index is 10.8. The zero-order valence-electron chi connectivity index (χ0n) is 10.6. The zero-order valence-corrected chi connectivity index (χ0v) is 10.6. The van der Waals surface area contributed by atoms with Crippen LogP contribution >= 0.6 is 0 Å². The van der Waals surface area contributed by atoms with Gasteiger partial charge in [-0.15, -0.1) is 0 Å². The molecule has 4 nitrogen and oxygen atoms in total. The molecule has 0 saturated carbocycles. The molecule has 0 bridgehead atoms. The van der Waals surface area contributed by atoms with E-state index in [1.165, 1.54) is 0 Å². The zero-order chi connectivity index (χ0) is 12.7. The molecule has 0 aromatic heterocycles. The summed E-state index contributed by atoms with van der Waals surface area (Å²) in [6.45, 7) is 2.74. The molecule has 0 aliphatic rings. The van der Waals surface area contributed by atoms with Crippen molar-refractivity contribution in [3.05, 3.63) is 23.8 Å². The average Bonchev–Trinajstić information content (AvgIpc) is 2.34. The molecule has 0 atom stereocenters. The molecule has 0 heterocycles. The fourth-order valence-corrected chi connectivity index (χ4v) is 1.55. The van der Waals surface area contributed by atoms with Gasteiger partial charge in [-0.3, -0.25) is 4.79 Å². The van der Waals surface area contributed by atoms with Crippen molar-refractivity contribution in [1.82, 2.24) is 5.32 Å². The van der Waals surface area contributed by atoms with Gasteiger partial charge in [0.2, 0.25) is 0 Å². The Morgan fingerprint density at radius 1 is 1.29 bits per heavy atom. The minimum Gasteiger partial charge on any atom is -0.497 e. The SMILES string of the molecule is COc1ccc(CCNCC(C)=O)c(OC)c1. The number of methoxy groups -OCH3 is 2. The van der Waals surface area contributed by atoms with E-state index in [9.17, 15) is 4.79 Å². The van der Waals surface area contributed by atoms with E-state index in [4.69, 9.17) is 9.47 Å². The van der Waals surface area contributed by atoms with Gasteiger partial charge in [-0.25, -0.2) is 0 Å². The fourth-order valence-electron chi connectivity index (χ4n) is 1.55. The number of Topliss-reactive ketones (excluding diaryl/α,β-unsaturated/α-hetero) is 1. The lowest BCUT2D eigenvalue weighted by Crippen LogP contribution is -2.23. The highest BCUT2D eigenvalue weighted by Crippen LogP contribution is 2.24. The van der Waals surface area contributed by atoms with E-state index in [0.717, 1.165) is 30.0 Å². The van der Waals surface area contributed by atoms with Crippen molar-refractivity contribution in [2.24, 2.45) is 0 Å². The summed E-state index contributed by atoms with van der Waals surface area (Å²) in [6.07, 6.45) is 0.820. The number of ketones is 1. The molecule has 0 amide bonds. The van der Waals surface area contributed by atoms with Crippen LogP contribution in [0.15, 0.2) is 18.2 Å². The van der Waals surface area contributed by atoms with Crippen molar-refractivity contribution in [3.8, 4) is 11.5 Å². The second kappa shape index (κ2) is 6.91. The lowest BCUT2D eigenvalue weighted by molar-refractivity contribution is -0.116. The molecule has 4 heteroatoms. The monoisotopic (exact) mass is 237 g/mol. The van der Waals surface area contributed by atoms with Crippen LogP contribution in [0, 0.1) is 0 Å². The Morgan fingerprint density at radius 2 is 2.06 bits per heavy atom. The van der Waals surface area contributed by atoms with Crippen LogP contribution in [0.4, 0.5) is 0 Å². The van der Waals surface area contributed by atoms with Crippen LogP contribution in [0.5, 0.6) is 11.5 Å². The van der Waals surface area contributed by atoms with Crippen molar-refractivity contribution in [2.75, 3.05) is 27.3 Å². The van der Waals surface area contributed by atoms with E-state index in [1.54, 1.807) is 21.1 Å². The van der Waals surface area contributed by atoms with Crippen molar-refractivity contribution in [2.45, 2.75) is 13.3 Å². The molecule has 0 aliphatic carbocycles. The summed E-state index contributed by atoms with van der Waals surface area (Å²) in [5, 5.41) is 3.08. The van der Waals surface area contributed by atoms with Gasteiger partial charge in [0, 0.05) is 6.07 Å². The van der Waals surface area contributed by atoms with E-state index in [1.807, 2.05) is 18.2 Å². The van der Waals surface area contributed by atoms with Gasteiger partial charge in [-0.2, -0.15) is 0 Å². The minimum atomic E-state index is 0.145. The fraction of sp³-hybridized carbons (Fsp3) is 0.462. The van der Waals surface area contributed by atoms with Crippen LogP contribution in [-0.2, 0) is 11.2 Å². The molecule has 1 rings (SSSR count). The first-order chi connectivity index (χ1) is 8.17. The highest BCUT2D eigenvalue weighted by molar-refractivity contribution is 5.77. The van der Waals surface area contributed by atoms with Gasteiger partial charge < -0.3 is 14.8 Å². The van der Waals surface area contributed by atoms with Crippen LogP contribution in [0.3, 0.4) is 0 Å². The molecule has 0 unspecified atom stereocenters. The number of hydrogen-bond donors (Lipinski definition) is 1. The third kappa shape index (κ3) is 4.44. The van der Waals surface area contributed by atoms with Gasteiger partial charge in [0.15, 0.2) is 0 Å². The molecule has 0 saturated heterocycles. The van der Waals surface area contributed by atoms with E-state index in [0.29, 0.717) is 6.54 Å². The van der Waals surface area contributed by atoms with Gasteiger partial charge in [-0.05, 0) is 31.5 Å². The maximum absolute atomic E-state index is 10.8. The first kappa shape index (κ1) is 13.5. The van der Waals surface area contributed by atoms with Gasteiger partial charge in [-0.1, -0.05) is 6.07 Å². The van der Waals surface area contributed by atoms with E-state index >= 15 is 0 Å². The summed E-state index contributed by atoms with van der Waals surface area (Å²) in [6, 6.07) is 5.75. The lowest BCUT2D eigenvalue weighted by Gasteiger charge is -2.10. The third-order valence-electron chi connectivity index (χ3n) is 2.44. The molecular weight excluding hydrogens is 218 g/mol. The van der Waals surface area contributed by atoms with Crippen LogP contribution in [0.2, 0.25) is 0 Å². The summed E-state index contributed by atoms with van der Waals surface area (Å²) < 4.78 is 10.4. The summed E-state index contributed by atoms with van der Waals surface area (Å²) in [5.74, 6) is 1.74. The van der Waals surface area contributed by atoms with E-state index in [2.05, 4.69) is 5.32 Å². The molecule has 1 aromatic rings. The Labute approximate surface area is 102 Å². The van der Waals surface area contributed by atoms with Gasteiger partial charge in [0.25, 0.3) is 0 Å². The topological polar surface area (TPSA) is 47.6 Å². The standard InChI is InChI=1S/C13H19NO3/c1-10(15)9-14-7-6-11-4-5-12(16-2)8-13(11)17-3/h4-5,8,14H,6-7,9H2,1-3H3. The van der Waals surface area contributed by atoms with E-state index in [-0.39, 0.29) is 5.78 Å². The van der Waals surface area contributed by atoms with Crippen LogP contribution in [0.25, 0.3) is 0 Å². The number of benzene rings is 1. The second-order valence-corrected chi connectivity index (χ2v) is 3.81. The maximum Gasteiger partial charge on any atom is 0.143 e. The number of carbonyl (C=O) groups excluding carboxylic acids is 1. The lowest BCUT2D eigenvalue weighted by atomic mass is 10.1. The van der Waals surface area contributed by atoms with Gasteiger partial charge in [0.1, 0.15) is 17.3 Å². The van der Waals surface area contributed by atoms with Crippen molar-refractivity contribution < 1.29 is 14.3 Å². The molecule has 0 aliphatic heterocycles. The van der Waals surface area contributed by atoms with Gasteiger partial charge in [0.05, 0.1) is 20.8 Å². The summed E-state index contributed by atoms with van der Waals surface area (Å²) in [7, 11) is 3.27. The summed E-state index contributed by atoms with van der Waals surface area (Å²) >= 11 is 0. The second-order valence-electron chi connectivity index (χ2n) is 3.81. The van der Waals surface area contributed by atoms with Crippen molar-refractivity contribution >= 4 is 5.78 Å². The number of nitrogens with one attached hydrogen (secondary N) is 1. The molecule has 94 valence electrons. The molecular formula is C13H19NO3. The molecule has 0 fully saturated rings. The van der Waals surface area contributed by atoms with Crippen LogP contribution in [0.1, 0.15) is 12.5 Å². The largest absolute Gasteiger partial charge is 0.497 e. The van der Waals surface area contributed by atoms with Gasteiger partial charge >= 0.3 is 0 Å². The predicted molar refractivity (Wildman–Crippen MR) is 66.8 cm³/mol. The minimum absolute atomic E-state index is 0.145. The Kier molecular flexibility index (Phi) is 5.49. The number of ether oxygens (including phenoxy) is 2. The third-order valence-corrected chi connectivity index (χ3v) is 2.44. The predicted octanol–water partition coefficient (Wildman–Crippen LogP) is 1.42. The van der Waals surface area contributed by atoms with Crippen LogP contribution < -0.4 is 14.8 Å². The smallest absolute Gasteiger partial charge is 0.143 e. The summed E-state index contributed by atoms with van der Waals surface area (Å²) in [5.41, 5.74) is 1.10. The first-order valence-electron chi connectivity index (χ1n) is 5.58. The Morgan fingerprint density at radius 3 is 2.65 bits per heavy atom. The Bertz CT molecular complexity index is 377. The molecule has 1 aromatic carbocycles.